The molecule has 1 fully saturated rings. The molecule has 1 heterocycles. The zero-order valence-electron chi connectivity index (χ0n) is 21.5. The molecule has 1 aliphatic heterocycles. The van der Waals surface area contributed by atoms with Crippen LogP contribution in [0.2, 0.25) is 0 Å². The van der Waals surface area contributed by atoms with Gasteiger partial charge in [-0.25, -0.2) is 4.79 Å². The molecule has 206 valence electrons. The average Bonchev–Trinajstić information content (AvgIpc) is 3.40. The highest BCUT2D eigenvalue weighted by molar-refractivity contribution is 5.92. The standard InChI is InChI=1S/C28H34F3N3O4/c1-3-18(2)24(33-25(35)22(32)16-19-11-13-21(14-12-19)28(29,30)31)26(36)34-15-7-10-23(34)27(37)38-17-20-8-5-4-6-9-20/h4-6,8-9,11-14,18,22-24H,3,7,10,15-17,32H2,1-2H3,(H,33,35)/t18?,22-,23-,24+/m1/s1. The van der Waals surface area contributed by atoms with Crippen molar-refractivity contribution in [3.63, 3.8) is 0 Å². The minimum atomic E-state index is -4.46. The summed E-state index contributed by atoms with van der Waals surface area (Å²) in [5.41, 5.74) is 6.57. The molecular formula is C28H34F3N3O4. The third kappa shape index (κ3) is 7.56. The van der Waals surface area contributed by atoms with E-state index in [1.54, 1.807) is 0 Å². The first-order valence-corrected chi connectivity index (χ1v) is 12.7. The summed E-state index contributed by atoms with van der Waals surface area (Å²) in [7, 11) is 0. The Morgan fingerprint density at radius 1 is 1.08 bits per heavy atom. The molecular weight excluding hydrogens is 499 g/mol. The lowest BCUT2D eigenvalue weighted by Gasteiger charge is -2.31. The van der Waals surface area contributed by atoms with Gasteiger partial charge in [-0.05, 0) is 48.4 Å². The van der Waals surface area contributed by atoms with E-state index in [0.717, 1.165) is 17.7 Å². The Morgan fingerprint density at radius 3 is 2.34 bits per heavy atom. The van der Waals surface area contributed by atoms with Gasteiger partial charge in [-0.3, -0.25) is 9.59 Å². The Balaban J connectivity index is 1.64. The number of amides is 2. The molecule has 2 amide bonds. The van der Waals surface area contributed by atoms with Gasteiger partial charge in [0.25, 0.3) is 0 Å². The van der Waals surface area contributed by atoms with Crippen molar-refractivity contribution in [3.8, 4) is 0 Å². The molecule has 0 spiro atoms. The zero-order chi connectivity index (χ0) is 27.9. The van der Waals surface area contributed by atoms with Crippen LogP contribution in [-0.2, 0) is 38.3 Å². The molecule has 1 saturated heterocycles. The summed E-state index contributed by atoms with van der Waals surface area (Å²) in [6.45, 7) is 4.17. The second-order valence-electron chi connectivity index (χ2n) is 9.66. The maximum Gasteiger partial charge on any atom is 0.416 e. The summed E-state index contributed by atoms with van der Waals surface area (Å²) in [5.74, 6) is -1.71. The Bertz CT molecular complexity index is 1090. The molecule has 7 nitrogen and oxygen atoms in total. The van der Waals surface area contributed by atoms with E-state index in [9.17, 15) is 27.6 Å². The van der Waals surface area contributed by atoms with Crippen LogP contribution in [0, 0.1) is 5.92 Å². The maximum absolute atomic E-state index is 13.5. The summed E-state index contributed by atoms with van der Waals surface area (Å²) >= 11 is 0. The molecule has 0 aliphatic carbocycles. The lowest BCUT2D eigenvalue weighted by Crippen LogP contribution is -2.57. The molecule has 0 saturated carbocycles. The van der Waals surface area contributed by atoms with Crippen molar-refractivity contribution in [1.82, 2.24) is 10.2 Å². The maximum atomic E-state index is 13.5. The van der Waals surface area contributed by atoms with Crippen molar-refractivity contribution in [2.24, 2.45) is 11.7 Å². The Morgan fingerprint density at radius 2 is 1.74 bits per heavy atom. The predicted octanol–water partition coefficient (Wildman–Crippen LogP) is 3.84. The van der Waals surface area contributed by atoms with Gasteiger partial charge < -0.3 is 20.7 Å². The number of nitrogens with one attached hydrogen (secondary N) is 1. The number of carbonyl (C=O) groups is 3. The monoisotopic (exact) mass is 533 g/mol. The molecule has 3 rings (SSSR count). The number of benzene rings is 2. The molecule has 2 aromatic carbocycles. The van der Waals surface area contributed by atoms with Gasteiger partial charge >= 0.3 is 12.1 Å². The van der Waals surface area contributed by atoms with Crippen molar-refractivity contribution in [3.05, 3.63) is 71.3 Å². The van der Waals surface area contributed by atoms with Gasteiger partial charge in [-0.1, -0.05) is 62.7 Å². The van der Waals surface area contributed by atoms with Gasteiger partial charge in [-0.2, -0.15) is 13.2 Å². The molecule has 4 atom stereocenters. The van der Waals surface area contributed by atoms with Gasteiger partial charge in [0, 0.05) is 6.54 Å². The number of rotatable bonds is 10. The molecule has 3 N–H and O–H groups in total. The summed E-state index contributed by atoms with van der Waals surface area (Å²) < 4.78 is 43.9. The van der Waals surface area contributed by atoms with Crippen molar-refractivity contribution < 1.29 is 32.3 Å². The minimum absolute atomic E-state index is 0.00351. The molecule has 1 aliphatic rings. The number of alkyl halides is 3. The van der Waals surface area contributed by atoms with E-state index in [1.165, 1.54) is 17.0 Å². The fourth-order valence-corrected chi connectivity index (χ4v) is 4.40. The highest BCUT2D eigenvalue weighted by atomic mass is 19.4. The van der Waals surface area contributed by atoms with E-state index < -0.39 is 41.7 Å². The fourth-order valence-electron chi connectivity index (χ4n) is 4.40. The molecule has 0 aromatic heterocycles. The van der Waals surface area contributed by atoms with Gasteiger partial charge in [0.15, 0.2) is 0 Å². The van der Waals surface area contributed by atoms with Crippen LogP contribution in [0.5, 0.6) is 0 Å². The number of hydrogen-bond donors (Lipinski definition) is 2. The zero-order valence-corrected chi connectivity index (χ0v) is 21.5. The molecule has 10 heteroatoms. The van der Waals surface area contributed by atoms with Crippen LogP contribution in [0.1, 0.15) is 49.8 Å². The number of carbonyl (C=O) groups excluding carboxylic acids is 3. The first-order chi connectivity index (χ1) is 18.0. The first-order valence-electron chi connectivity index (χ1n) is 12.7. The lowest BCUT2D eigenvalue weighted by atomic mass is 9.96. The highest BCUT2D eigenvalue weighted by Gasteiger charge is 2.40. The van der Waals surface area contributed by atoms with Crippen LogP contribution in [0.25, 0.3) is 0 Å². The fraction of sp³-hybridized carbons (Fsp3) is 0.464. The number of nitrogens with two attached hydrogens (primary N) is 1. The van der Waals surface area contributed by atoms with Crippen LogP contribution in [0.3, 0.4) is 0 Å². The van der Waals surface area contributed by atoms with Crippen LogP contribution in [0.4, 0.5) is 13.2 Å². The number of nitrogens with zero attached hydrogens (tertiary/aromatic N) is 1. The van der Waals surface area contributed by atoms with Gasteiger partial charge in [0.05, 0.1) is 11.6 Å². The van der Waals surface area contributed by atoms with E-state index in [2.05, 4.69) is 5.32 Å². The molecule has 0 radical (unpaired) electrons. The SMILES string of the molecule is CCC(C)[C@H](NC(=O)[C@H](N)Cc1ccc(C(F)(F)F)cc1)C(=O)N1CCC[C@@H]1C(=O)OCc1ccccc1. The van der Waals surface area contributed by atoms with Crippen LogP contribution >= 0.6 is 0 Å². The van der Waals surface area contributed by atoms with Crippen LogP contribution in [-0.4, -0.2) is 47.4 Å². The first kappa shape index (κ1) is 29.2. The largest absolute Gasteiger partial charge is 0.459 e. The van der Waals surface area contributed by atoms with E-state index in [0.29, 0.717) is 31.4 Å². The number of hydrogen-bond acceptors (Lipinski definition) is 5. The van der Waals surface area contributed by atoms with Crippen molar-refractivity contribution >= 4 is 17.8 Å². The Hall–Kier alpha value is -3.40. The third-order valence-electron chi connectivity index (χ3n) is 6.88. The van der Waals surface area contributed by atoms with E-state index in [4.69, 9.17) is 10.5 Å². The van der Waals surface area contributed by atoms with E-state index in [1.807, 2.05) is 44.2 Å². The average molecular weight is 534 g/mol. The molecule has 38 heavy (non-hydrogen) atoms. The minimum Gasteiger partial charge on any atom is -0.459 e. The number of ether oxygens (including phenoxy) is 1. The second-order valence-corrected chi connectivity index (χ2v) is 9.66. The van der Waals surface area contributed by atoms with Gasteiger partial charge in [0.1, 0.15) is 18.7 Å². The van der Waals surface area contributed by atoms with Gasteiger partial charge in [0.2, 0.25) is 11.8 Å². The van der Waals surface area contributed by atoms with Crippen LogP contribution in [0.15, 0.2) is 54.6 Å². The van der Waals surface area contributed by atoms with Crippen molar-refractivity contribution in [2.75, 3.05) is 6.54 Å². The topological polar surface area (TPSA) is 102 Å². The summed E-state index contributed by atoms with van der Waals surface area (Å²) in [6.07, 6.45) is -2.77. The number of esters is 1. The normalized spacial score (nSPS) is 17.9. The quantitative estimate of drug-likeness (QED) is 0.452. The molecule has 1 unspecified atom stereocenters. The Labute approximate surface area is 220 Å². The smallest absolute Gasteiger partial charge is 0.416 e. The molecule has 0 bridgehead atoms. The van der Waals surface area contributed by atoms with Crippen molar-refractivity contribution in [1.29, 1.82) is 0 Å². The van der Waals surface area contributed by atoms with E-state index >= 15 is 0 Å². The summed E-state index contributed by atoms with van der Waals surface area (Å²) in [6, 6.07) is 11.0. The van der Waals surface area contributed by atoms with Crippen LogP contribution < -0.4 is 11.1 Å². The predicted molar refractivity (Wildman–Crippen MR) is 135 cm³/mol. The van der Waals surface area contributed by atoms with E-state index in [-0.39, 0.29) is 24.9 Å². The Kier molecular flexibility index (Phi) is 9.90. The second kappa shape index (κ2) is 12.9. The molecule has 2 aromatic rings. The van der Waals surface area contributed by atoms with Crippen molar-refractivity contribution in [2.45, 2.75) is 70.4 Å². The summed E-state index contributed by atoms with van der Waals surface area (Å²) in [4.78, 5) is 40.7. The number of halogens is 3. The lowest BCUT2D eigenvalue weighted by molar-refractivity contribution is -0.155. The summed E-state index contributed by atoms with van der Waals surface area (Å²) in [5, 5.41) is 2.73. The van der Waals surface area contributed by atoms with Gasteiger partial charge in [-0.15, -0.1) is 0 Å². The highest BCUT2D eigenvalue weighted by Crippen LogP contribution is 2.29. The number of likely N-dealkylation sites (tertiary alicyclic amines) is 1. The third-order valence-corrected chi connectivity index (χ3v) is 6.88.